The number of allylic oxidation sites excluding steroid dienone is 2. The summed E-state index contributed by atoms with van der Waals surface area (Å²) in [5.74, 6) is 1.48. The number of carbonyl (C=O) groups excluding carboxylic acids is 1. The first kappa shape index (κ1) is 12.5. The zero-order chi connectivity index (χ0) is 13.2. The lowest BCUT2D eigenvalue weighted by Gasteiger charge is -2.07. The Morgan fingerprint density at radius 2 is 2.11 bits per heavy atom. The average Bonchev–Trinajstić information content (AvgIpc) is 3.03. The second-order valence-electron chi connectivity index (χ2n) is 5.78. The number of benzene rings is 1. The van der Waals surface area contributed by atoms with Crippen molar-refractivity contribution in [1.29, 1.82) is 0 Å². The quantitative estimate of drug-likeness (QED) is 0.797. The van der Waals surface area contributed by atoms with Crippen molar-refractivity contribution in [2.75, 3.05) is 5.32 Å². The van der Waals surface area contributed by atoms with Gasteiger partial charge in [0.1, 0.15) is 0 Å². The lowest BCUT2D eigenvalue weighted by atomic mass is 10.1. The molecule has 0 saturated heterocycles. The first-order chi connectivity index (χ1) is 9.27. The van der Waals surface area contributed by atoms with E-state index in [1.807, 2.05) is 31.2 Å². The highest BCUT2D eigenvalue weighted by molar-refractivity contribution is 5.95. The molecule has 3 rings (SSSR count). The van der Waals surface area contributed by atoms with E-state index in [4.69, 9.17) is 0 Å². The van der Waals surface area contributed by atoms with Crippen molar-refractivity contribution in [2.24, 2.45) is 17.8 Å². The van der Waals surface area contributed by atoms with Crippen LogP contribution in [0.3, 0.4) is 0 Å². The van der Waals surface area contributed by atoms with Crippen LogP contribution in [-0.2, 0) is 4.79 Å². The summed E-state index contributed by atoms with van der Waals surface area (Å²) in [6.07, 6.45) is 9.45. The molecular weight excluding hydrogens is 234 g/mol. The largest absolute Gasteiger partial charge is 0.326 e. The van der Waals surface area contributed by atoms with E-state index in [2.05, 4.69) is 17.5 Å². The molecule has 2 nitrogen and oxygen atoms in total. The molecule has 1 saturated carbocycles. The third-order valence-electron chi connectivity index (χ3n) is 4.45. The van der Waals surface area contributed by atoms with Gasteiger partial charge in [-0.25, -0.2) is 0 Å². The first-order valence-electron chi connectivity index (χ1n) is 7.30. The molecule has 100 valence electrons. The second-order valence-corrected chi connectivity index (χ2v) is 5.78. The van der Waals surface area contributed by atoms with Gasteiger partial charge in [-0.3, -0.25) is 4.79 Å². The lowest BCUT2D eigenvalue weighted by Crippen LogP contribution is -2.16. The molecule has 0 spiro atoms. The maximum absolute atomic E-state index is 12.4. The molecule has 0 heterocycles. The first-order valence-corrected chi connectivity index (χ1v) is 7.30. The molecule has 1 amide bonds. The van der Waals surface area contributed by atoms with E-state index in [1.165, 1.54) is 25.7 Å². The minimum absolute atomic E-state index is 0.203. The molecule has 1 N–H and O–H groups in total. The van der Waals surface area contributed by atoms with Gasteiger partial charge in [-0.05, 0) is 49.7 Å². The summed E-state index contributed by atoms with van der Waals surface area (Å²) >= 11 is 0. The number of rotatable bonds is 2. The van der Waals surface area contributed by atoms with Gasteiger partial charge in [0.05, 0.1) is 0 Å². The summed E-state index contributed by atoms with van der Waals surface area (Å²) in [5.41, 5.74) is 2.08. The number of anilines is 1. The Balaban J connectivity index is 1.67. The van der Waals surface area contributed by atoms with Crippen LogP contribution in [-0.4, -0.2) is 5.91 Å². The van der Waals surface area contributed by atoms with Crippen LogP contribution in [0, 0.1) is 24.7 Å². The zero-order valence-electron chi connectivity index (χ0n) is 11.4. The summed E-state index contributed by atoms with van der Waals surface area (Å²) in [4.78, 5) is 12.4. The lowest BCUT2D eigenvalue weighted by molar-refractivity contribution is -0.117. The normalized spacial score (nSPS) is 29.0. The van der Waals surface area contributed by atoms with Gasteiger partial charge >= 0.3 is 0 Å². The van der Waals surface area contributed by atoms with Crippen LogP contribution < -0.4 is 5.32 Å². The van der Waals surface area contributed by atoms with Crippen molar-refractivity contribution in [3.8, 4) is 0 Å². The van der Waals surface area contributed by atoms with Gasteiger partial charge in [-0.1, -0.05) is 36.8 Å². The van der Waals surface area contributed by atoms with Gasteiger partial charge in [0.25, 0.3) is 0 Å². The van der Waals surface area contributed by atoms with Crippen LogP contribution >= 0.6 is 0 Å². The molecule has 2 heteroatoms. The highest BCUT2D eigenvalue weighted by atomic mass is 16.2. The van der Waals surface area contributed by atoms with E-state index in [-0.39, 0.29) is 11.8 Å². The van der Waals surface area contributed by atoms with Crippen LogP contribution in [0.5, 0.6) is 0 Å². The molecule has 1 aromatic carbocycles. The van der Waals surface area contributed by atoms with Gasteiger partial charge in [0, 0.05) is 11.6 Å². The molecule has 0 radical (unpaired) electrons. The fourth-order valence-corrected chi connectivity index (χ4v) is 3.23. The number of amides is 1. The molecule has 0 unspecified atom stereocenters. The van der Waals surface area contributed by atoms with Gasteiger partial charge < -0.3 is 5.32 Å². The molecule has 2 aliphatic carbocycles. The topological polar surface area (TPSA) is 29.1 Å². The van der Waals surface area contributed by atoms with Gasteiger partial charge in [-0.15, -0.1) is 0 Å². The number of para-hydroxylation sites is 1. The van der Waals surface area contributed by atoms with E-state index in [0.717, 1.165) is 11.3 Å². The Morgan fingerprint density at radius 3 is 2.95 bits per heavy atom. The van der Waals surface area contributed by atoms with E-state index >= 15 is 0 Å². The standard InChI is InChI=1S/C17H21NO/c1-12-8-6-7-11-15(12)18-17(19)16-13-9-4-2-3-5-10-14(13)16/h4,6-9,11,13-14,16H,2-3,5,10H2,1H3,(H,18,19)/t13-,14-,16-/m1/s1. The molecule has 2 aliphatic rings. The summed E-state index contributed by atoms with van der Waals surface area (Å²) in [6, 6.07) is 7.98. The maximum Gasteiger partial charge on any atom is 0.228 e. The van der Waals surface area contributed by atoms with Crippen molar-refractivity contribution in [3.63, 3.8) is 0 Å². The van der Waals surface area contributed by atoms with E-state index in [1.54, 1.807) is 0 Å². The Labute approximate surface area is 114 Å². The molecular formula is C17H21NO. The third-order valence-corrected chi connectivity index (χ3v) is 4.45. The number of fused-ring (bicyclic) bond motifs is 1. The molecule has 0 bridgehead atoms. The van der Waals surface area contributed by atoms with Crippen LogP contribution in [0.4, 0.5) is 5.69 Å². The van der Waals surface area contributed by atoms with Crippen molar-refractivity contribution < 1.29 is 4.79 Å². The van der Waals surface area contributed by atoms with Crippen LogP contribution in [0.1, 0.15) is 31.2 Å². The van der Waals surface area contributed by atoms with Crippen LogP contribution in [0.2, 0.25) is 0 Å². The van der Waals surface area contributed by atoms with Crippen molar-refractivity contribution >= 4 is 11.6 Å². The van der Waals surface area contributed by atoms with Gasteiger partial charge in [0.2, 0.25) is 5.91 Å². The fourth-order valence-electron chi connectivity index (χ4n) is 3.23. The minimum Gasteiger partial charge on any atom is -0.326 e. The maximum atomic E-state index is 12.4. The Hall–Kier alpha value is -1.57. The molecule has 0 aliphatic heterocycles. The molecule has 0 aromatic heterocycles. The summed E-state index contributed by atoms with van der Waals surface area (Å²) in [5, 5.41) is 3.10. The number of aryl methyl sites for hydroxylation is 1. The molecule has 19 heavy (non-hydrogen) atoms. The van der Waals surface area contributed by atoms with E-state index < -0.39 is 0 Å². The van der Waals surface area contributed by atoms with Crippen molar-refractivity contribution in [3.05, 3.63) is 42.0 Å². The molecule has 1 aromatic rings. The van der Waals surface area contributed by atoms with Crippen molar-refractivity contribution in [1.82, 2.24) is 0 Å². The average molecular weight is 255 g/mol. The predicted molar refractivity (Wildman–Crippen MR) is 77.9 cm³/mol. The number of hydrogen-bond acceptors (Lipinski definition) is 1. The predicted octanol–water partition coefficient (Wildman–Crippen LogP) is 3.93. The third kappa shape index (κ3) is 2.58. The van der Waals surface area contributed by atoms with Gasteiger partial charge in [0.15, 0.2) is 0 Å². The number of carbonyl (C=O) groups is 1. The monoisotopic (exact) mass is 255 g/mol. The van der Waals surface area contributed by atoms with E-state index in [9.17, 15) is 4.79 Å². The van der Waals surface area contributed by atoms with Crippen LogP contribution in [0.15, 0.2) is 36.4 Å². The Morgan fingerprint density at radius 1 is 1.26 bits per heavy atom. The minimum atomic E-state index is 0.203. The zero-order valence-corrected chi connectivity index (χ0v) is 11.4. The number of hydrogen-bond donors (Lipinski definition) is 1. The highest BCUT2D eigenvalue weighted by Gasteiger charge is 2.52. The van der Waals surface area contributed by atoms with E-state index in [0.29, 0.717) is 11.8 Å². The van der Waals surface area contributed by atoms with Crippen molar-refractivity contribution in [2.45, 2.75) is 32.6 Å². The van der Waals surface area contributed by atoms with Crippen LogP contribution in [0.25, 0.3) is 0 Å². The summed E-state index contributed by atoms with van der Waals surface area (Å²) < 4.78 is 0. The van der Waals surface area contributed by atoms with Gasteiger partial charge in [-0.2, -0.15) is 0 Å². The Bertz CT molecular complexity index is 506. The Kier molecular flexibility index (Phi) is 3.41. The number of nitrogens with one attached hydrogen (secondary N) is 1. The smallest absolute Gasteiger partial charge is 0.228 e. The summed E-state index contributed by atoms with van der Waals surface area (Å²) in [7, 11) is 0. The highest BCUT2D eigenvalue weighted by Crippen LogP contribution is 2.51. The summed E-state index contributed by atoms with van der Waals surface area (Å²) in [6.45, 7) is 2.03. The fraction of sp³-hybridized carbons (Fsp3) is 0.471. The molecule has 1 fully saturated rings. The second kappa shape index (κ2) is 5.20. The SMILES string of the molecule is Cc1ccccc1NC(=O)[C@@H]1[C@@H]2C=CCCCC[C@H]21. The molecule has 3 atom stereocenters.